The van der Waals surface area contributed by atoms with E-state index in [4.69, 9.17) is 24.3 Å². The van der Waals surface area contributed by atoms with Crippen LogP contribution in [0, 0.1) is 0 Å². The molecule has 0 bridgehead atoms. The van der Waals surface area contributed by atoms with Gasteiger partial charge in [-0.2, -0.15) is 0 Å². The molecule has 0 heterocycles. The zero-order valence-corrected chi connectivity index (χ0v) is 32.3. The number of nitrogens with two attached hydrogens (primary N) is 1. The summed E-state index contributed by atoms with van der Waals surface area (Å²) < 4.78 is 32.5. The van der Waals surface area contributed by atoms with E-state index in [-0.39, 0.29) is 32.6 Å². The summed E-state index contributed by atoms with van der Waals surface area (Å²) in [5.41, 5.74) is 5.32. The van der Waals surface area contributed by atoms with Gasteiger partial charge in [-0.05, 0) is 51.4 Å². The molecule has 0 fully saturated rings. The molecule has 0 amide bonds. The molecule has 0 aliphatic carbocycles. The van der Waals surface area contributed by atoms with Crippen LogP contribution in [0.25, 0.3) is 0 Å². The fourth-order valence-corrected chi connectivity index (χ4v) is 5.56. The SMILES string of the molecule is CCCCC/C=C/C/C=C/C/C=C/C/C=C/C/C=C/CCC(=O)O[C@H](COC(=O)CCCCCCCCCCCC)COP(=O)(O)OCCN. The zero-order chi connectivity index (χ0) is 36.8. The van der Waals surface area contributed by atoms with Crippen molar-refractivity contribution in [2.45, 2.75) is 155 Å². The second-order valence-electron chi connectivity index (χ2n) is 12.4. The Kier molecular flexibility index (Phi) is 34.8. The number of hydrogen-bond acceptors (Lipinski definition) is 8. The number of unbranched alkanes of at least 4 members (excludes halogenated alkanes) is 12. The summed E-state index contributed by atoms with van der Waals surface area (Å²) >= 11 is 0. The van der Waals surface area contributed by atoms with E-state index in [2.05, 4.69) is 62.5 Å². The van der Waals surface area contributed by atoms with Crippen LogP contribution in [0.1, 0.15) is 149 Å². The standard InChI is InChI=1S/C40H70NO8P/c1-3-5-7-9-11-13-15-16-17-18-19-20-21-22-23-25-27-29-31-33-40(43)49-38(37-48-50(44,45)47-35-34-41)36-46-39(42)32-30-28-26-24-14-12-10-8-6-4-2/h11,13,16-17,19-20,22-23,27,29,38H,3-10,12,14-15,18,21,24-26,28,30-37,41H2,1-2H3,(H,44,45)/b13-11+,17-16+,20-19+,23-22+,29-27+/t38-/m1/s1. The molecule has 10 heteroatoms. The number of allylic oxidation sites excluding steroid dienone is 10. The van der Waals surface area contributed by atoms with E-state index in [1.165, 1.54) is 70.6 Å². The van der Waals surface area contributed by atoms with Gasteiger partial charge in [0.1, 0.15) is 6.61 Å². The van der Waals surface area contributed by atoms with Crippen molar-refractivity contribution < 1.29 is 37.6 Å². The lowest BCUT2D eigenvalue weighted by Crippen LogP contribution is -2.29. The molecule has 0 rings (SSSR count). The van der Waals surface area contributed by atoms with Gasteiger partial charge in [0, 0.05) is 19.4 Å². The highest BCUT2D eigenvalue weighted by atomic mass is 31.2. The lowest BCUT2D eigenvalue weighted by molar-refractivity contribution is -0.161. The molecule has 1 unspecified atom stereocenters. The number of phosphoric acid groups is 1. The van der Waals surface area contributed by atoms with Crippen LogP contribution >= 0.6 is 7.82 Å². The van der Waals surface area contributed by atoms with Crippen LogP contribution in [0.4, 0.5) is 0 Å². The Morgan fingerprint density at radius 1 is 0.600 bits per heavy atom. The van der Waals surface area contributed by atoms with Gasteiger partial charge in [-0.1, -0.05) is 145 Å². The summed E-state index contributed by atoms with van der Waals surface area (Å²) in [5.74, 6) is -0.931. The van der Waals surface area contributed by atoms with E-state index in [0.29, 0.717) is 6.42 Å². The van der Waals surface area contributed by atoms with E-state index in [0.717, 1.165) is 44.9 Å². The highest BCUT2D eigenvalue weighted by molar-refractivity contribution is 7.47. The van der Waals surface area contributed by atoms with Crippen LogP contribution < -0.4 is 5.73 Å². The van der Waals surface area contributed by atoms with Crippen LogP contribution in [0.2, 0.25) is 0 Å². The summed E-state index contributed by atoms with van der Waals surface area (Å²) in [6, 6.07) is 0. The molecular weight excluding hydrogens is 653 g/mol. The van der Waals surface area contributed by atoms with Crippen molar-refractivity contribution in [2.75, 3.05) is 26.4 Å². The minimum absolute atomic E-state index is 0.0405. The average Bonchev–Trinajstić information content (AvgIpc) is 3.10. The quantitative estimate of drug-likeness (QED) is 0.0283. The molecule has 0 saturated carbocycles. The average molecular weight is 724 g/mol. The Hall–Kier alpha value is -2.29. The third kappa shape index (κ3) is 35.5. The molecule has 2 atom stereocenters. The minimum Gasteiger partial charge on any atom is -0.462 e. The predicted molar refractivity (Wildman–Crippen MR) is 206 cm³/mol. The molecule has 9 nitrogen and oxygen atoms in total. The fraction of sp³-hybridized carbons (Fsp3) is 0.700. The minimum atomic E-state index is -4.39. The van der Waals surface area contributed by atoms with Crippen molar-refractivity contribution in [3.63, 3.8) is 0 Å². The molecule has 0 aromatic heterocycles. The first kappa shape index (κ1) is 47.7. The maximum Gasteiger partial charge on any atom is 0.472 e. The van der Waals surface area contributed by atoms with Gasteiger partial charge in [-0.15, -0.1) is 0 Å². The van der Waals surface area contributed by atoms with E-state index in [1.807, 2.05) is 12.2 Å². The van der Waals surface area contributed by atoms with Gasteiger partial charge in [0.25, 0.3) is 0 Å². The highest BCUT2D eigenvalue weighted by Gasteiger charge is 2.25. The first-order valence-electron chi connectivity index (χ1n) is 19.3. The number of rotatable bonds is 35. The summed E-state index contributed by atoms with van der Waals surface area (Å²) in [6.45, 7) is 3.58. The Bertz CT molecular complexity index is 1010. The molecule has 0 aromatic rings. The van der Waals surface area contributed by atoms with E-state index >= 15 is 0 Å². The molecule has 288 valence electrons. The number of carbonyl (C=O) groups is 2. The van der Waals surface area contributed by atoms with Crippen molar-refractivity contribution in [3.8, 4) is 0 Å². The smallest absolute Gasteiger partial charge is 0.462 e. The number of carbonyl (C=O) groups excluding carboxylic acids is 2. The largest absolute Gasteiger partial charge is 0.472 e. The summed E-state index contributed by atoms with van der Waals surface area (Å²) in [4.78, 5) is 34.6. The molecule has 0 spiro atoms. The van der Waals surface area contributed by atoms with Gasteiger partial charge in [0.15, 0.2) is 6.10 Å². The maximum absolute atomic E-state index is 12.5. The fourth-order valence-electron chi connectivity index (χ4n) is 4.79. The van der Waals surface area contributed by atoms with Crippen molar-refractivity contribution in [1.82, 2.24) is 0 Å². The molecule has 0 saturated heterocycles. The lowest BCUT2D eigenvalue weighted by atomic mass is 10.1. The van der Waals surface area contributed by atoms with Crippen molar-refractivity contribution in [2.24, 2.45) is 5.73 Å². The second kappa shape index (κ2) is 36.5. The van der Waals surface area contributed by atoms with Crippen molar-refractivity contribution in [3.05, 3.63) is 60.8 Å². The first-order chi connectivity index (χ1) is 24.3. The van der Waals surface area contributed by atoms with Crippen molar-refractivity contribution >= 4 is 19.8 Å². The third-order valence-electron chi connectivity index (χ3n) is 7.67. The number of phosphoric ester groups is 1. The van der Waals surface area contributed by atoms with Crippen molar-refractivity contribution in [1.29, 1.82) is 0 Å². The van der Waals surface area contributed by atoms with Crippen LogP contribution in [0.3, 0.4) is 0 Å². The van der Waals surface area contributed by atoms with Crippen LogP contribution in [-0.2, 0) is 32.7 Å². The number of esters is 2. The van der Waals surface area contributed by atoms with Gasteiger partial charge in [-0.3, -0.25) is 18.6 Å². The summed E-state index contributed by atoms with van der Waals surface area (Å²) in [5, 5.41) is 0. The Morgan fingerprint density at radius 2 is 1.08 bits per heavy atom. The molecule has 3 N–H and O–H groups in total. The van der Waals surface area contributed by atoms with Crippen LogP contribution in [-0.4, -0.2) is 49.3 Å². The second-order valence-corrected chi connectivity index (χ2v) is 13.9. The highest BCUT2D eigenvalue weighted by Crippen LogP contribution is 2.43. The normalized spacial score (nSPS) is 14.1. The van der Waals surface area contributed by atoms with E-state index in [1.54, 1.807) is 0 Å². The summed E-state index contributed by atoms with van der Waals surface area (Å²) in [7, 11) is -4.39. The van der Waals surface area contributed by atoms with E-state index in [9.17, 15) is 19.0 Å². The Balaban J connectivity index is 4.36. The van der Waals surface area contributed by atoms with Gasteiger partial charge < -0.3 is 20.1 Å². The first-order valence-corrected chi connectivity index (χ1v) is 20.8. The predicted octanol–water partition coefficient (Wildman–Crippen LogP) is 10.5. The number of ether oxygens (including phenoxy) is 2. The van der Waals surface area contributed by atoms with E-state index < -0.39 is 32.5 Å². The lowest BCUT2D eigenvalue weighted by Gasteiger charge is -2.19. The summed E-state index contributed by atoms with van der Waals surface area (Å²) in [6.07, 6.45) is 41.3. The molecular formula is C40H70NO8P. The van der Waals surface area contributed by atoms with Gasteiger partial charge in [0.2, 0.25) is 0 Å². The molecule has 0 aliphatic rings. The molecule has 50 heavy (non-hydrogen) atoms. The monoisotopic (exact) mass is 723 g/mol. The topological polar surface area (TPSA) is 134 Å². The Morgan fingerprint density at radius 3 is 1.62 bits per heavy atom. The maximum atomic E-state index is 12.5. The third-order valence-corrected chi connectivity index (χ3v) is 8.65. The van der Waals surface area contributed by atoms with Crippen LogP contribution in [0.15, 0.2) is 60.8 Å². The van der Waals surface area contributed by atoms with Gasteiger partial charge in [-0.25, -0.2) is 4.57 Å². The Labute approximate surface area is 304 Å². The molecule has 0 aromatic carbocycles. The van der Waals surface area contributed by atoms with Gasteiger partial charge >= 0.3 is 19.8 Å². The number of hydrogen-bond donors (Lipinski definition) is 2. The molecule has 0 aliphatic heterocycles. The molecule has 0 radical (unpaired) electrons. The zero-order valence-electron chi connectivity index (χ0n) is 31.4. The van der Waals surface area contributed by atoms with Crippen LogP contribution in [0.5, 0.6) is 0 Å². The van der Waals surface area contributed by atoms with Gasteiger partial charge in [0.05, 0.1) is 13.2 Å².